The number of hydrogen-bond acceptors (Lipinski definition) is 2. The first-order valence-electron chi connectivity index (χ1n) is 6.09. The van der Waals surface area contributed by atoms with Gasteiger partial charge in [0.2, 0.25) is 0 Å². The fourth-order valence-corrected chi connectivity index (χ4v) is 2.01. The first kappa shape index (κ1) is 11.8. The van der Waals surface area contributed by atoms with Crippen LogP contribution in [0.25, 0.3) is 11.0 Å². The number of furan rings is 1. The van der Waals surface area contributed by atoms with Gasteiger partial charge in [-0.1, -0.05) is 24.3 Å². The molecule has 19 heavy (non-hydrogen) atoms. The molecule has 0 aliphatic carbocycles. The van der Waals surface area contributed by atoms with Crippen molar-refractivity contribution in [2.75, 3.05) is 0 Å². The molecule has 2 aromatic carbocycles. The standard InChI is InChI=1S/C16H13FO2/c1-11-4-2-6-13(8-11)18-10-14-9-12-5-3-7-15(17)16(12)19-14/h2-9H,10H2,1H3. The highest BCUT2D eigenvalue weighted by Gasteiger charge is 2.08. The van der Waals surface area contributed by atoms with Gasteiger partial charge in [-0.05, 0) is 36.8 Å². The second-order valence-electron chi connectivity index (χ2n) is 4.48. The molecule has 0 bridgehead atoms. The molecule has 0 saturated carbocycles. The highest BCUT2D eigenvalue weighted by Crippen LogP contribution is 2.23. The minimum Gasteiger partial charge on any atom is -0.486 e. The van der Waals surface area contributed by atoms with E-state index in [0.717, 1.165) is 16.7 Å². The van der Waals surface area contributed by atoms with E-state index in [9.17, 15) is 4.39 Å². The van der Waals surface area contributed by atoms with Crippen LogP contribution in [-0.2, 0) is 6.61 Å². The largest absolute Gasteiger partial charge is 0.486 e. The van der Waals surface area contributed by atoms with E-state index in [0.29, 0.717) is 5.76 Å². The van der Waals surface area contributed by atoms with E-state index in [1.54, 1.807) is 12.1 Å². The van der Waals surface area contributed by atoms with Crippen LogP contribution in [0, 0.1) is 12.7 Å². The summed E-state index contributed by atoms with van der Waals surface area (Å²) >= 11 is 0. The molecule has 3 heteroatoms. The van der Waals surface area contributed by atoms with Gasteiger partial charge in [0.05, 0.1) is 0 Å². The lowest BCUT2D eigenvalue weighted by atomic mass is 10.2. The Hall–Kier alpha value is -2.29. The van der Waals surface area contributed by atoms with Crippen LogP contribution in [0.5, 0.6) is 5.75 Å². The van der Waals surface area contributed by atoms with E-state index in [1.807, 2.05) is 37.3 Å². The lowest BCUT2D eigenvalue weighted by molar-refractivity contribution is 0.273. The van der Waals surface area contributed by atoms with Crippen LogP contribution in [0.4, 0.5) is 4.39 Å². The summed E-state index contributed by atoms with van der Waals surface area (Å²) < 4.78 is 24.6. The third-order valence-electron chi connectivity index (χ3n) is 2.92. The monoisotopic (exact) mass is 256 g/mol. The fraction of sp³-hybridized carbons (Fsp3) is 0.125. The van der Waals surface area contributed by atoms with Crippen molar-refractivity contribution in [1.82, 2.24) is 0 Å². The van der Waals surface area contributed by atoms with Crippen LogP contribution in [0.2, 0.25) is 0 Å². The zero-order valence-corrected chi connectivity index (χ0v) is 10.5. The van der Waals surface area contributed by atoms with Crippen LogP contribution in [-0.4, -0.2) is 0 Å². The Morgan fingerprint density at radius 3 is 2.74 bits per heavy atom. The zero-order chi connectivity index (χ0) is 13.2. The van der Waals surface area contributed by atoms with Crippen molar-refractivity contribution in [2.24, 2.45) is 0 Å². The normalized spacial score (nSPS) is 10.8. The molecule has 2 nitrogen and oxygen atoms in total. The number of halogens is 1. The smallest absolute Gasteiger partial charge is 0.170 e. The van der Waals surface area contributed by atoms with Crippen molar-refractivity contribution in [2.45, 2.75) is 13.5 Å². The first-order chi connectivity index (χ1) is 9.22. The molecule has 0 saturated heterocycles. The molecule has 96 valence electrons. The lowest BCUT2D eigenvalue weighted by Gasteiger charge is -2.04. The number of aryl methyl sites for hydroxylation is 1. The summed E-state index contributed by atoms with van der Waals surface area (Å²) in [5, 5.41) is 0.753. The third-order valence-corrected chi connectivity index (χ3v) is 2.92. The minimum absolute atomic E-state index is 0.283. The fourth-order valence-electron chi connectivity index (χ4n) is 2.01. The molecular weight excluding hydrogens is 243 g/mol. The molecule has 0 spiro atoms. The molecule has 3 rings (SSSR count). The molecule has 0 N–H and O–H groups in total. The number of rotatable bonds is 3. The lowest BCUT2D eigenvalue weighted by Crippen LogP contribution is -1.93. The SMILES string of the molecule is Cc1cccc(OCc2cc3cccc(F)c3o2)c1. The second kappa shape index (κ2) is 4.76. The Labute approximate surface area is 110 Å². The molecule has 0 fully saturated rings. The summed E-state index contributed by atoms with van der Waals surface area (Å²) in [6.07, 6.45) is 0. The predicted molar refractivity (Wildman–Crippen MR) is 71.7 cm³/mol. The van der Waals surface area contributed by atoms with Gasteiger partial charge in [-0.25, -0.2) is 4.39 Å². The molecule has 1 heterocycles. The molecule has 0 aliphatic rings. The maximum Gasteiger partial charge on any atom is 0.170 e. The Balaban J connectivity index is 1.80. The highest BCUT2D eigenvalue weighted by molar-refractivity contribution is 5.78. The number of ether oxygens (including phenoxy) is 1. The predicted octanol–water partition coefficient (Wildman–Crippen LogP) is 4.46. The Morgan fingerprint density at radius 1 is 1.11 bits per heavy atom. The summed E-state index contributed by atoms with van der Waals surface area (Å²) in [6.45, 7) is 2.29. The highest BCUT2D eigenvalue weighted by atomic mass is 19.1. The maximum atomic E-state index is 13.5. The summed E-state index contributed by atoms with van der Waals surface area (Å²) in [5.41, 5.74) is 1.42. The number of fused-ring (bicyclic) bond motifs is 1. The van der Waals surface area contributed by atoms with Gasteiger partial charge in [-0.3, -0.25) is 0 Å². The van der Waals surface area contributed by atoms with Crippen molar-refractivity contribution >= 4 is 11.0 Å². The average molecular weight is 256 g/mol. The van der Waals surface area contributed by atoms with Gasteiger partial charge in [0.15, 0.2) is 11.4 Å². The molecule has 0 amide bonds. The average Bonchev–Trinajstić information content (AvgIpc) is 2.81. The third kappa shape index (κ3) is 2.45. The quantitative estimate of drug-likeness (QED) is 0.690. The molecule has 3 aromatic rings. The van der Waals surface area contributed by atoms with E-state index < -0.39 is 0 Å². The van der Waals surface area contributed by atoms with Crippen LogP contribution in [0.1, 0.15) is 11.3 Å². The van der Waals surface area contributed by atoms with Gasteiger partial charge in [-0.15, -0.1) is 0 Å². The number of hydrogen-bond donors (Lipinski definition) is 0. The van der Waals surface area contributed by atoms with Gasteiger partial charge in [0.25, 0.3) is 0 Å². The zero-order valence-electron chi connectivity index (χ0n) is 10.5. The van der Waals surface area contributed by atoms with Gasteiger partial charge < -0.3 is 9.15 Å². The molecule has 0 radical (unpaired) electrons. The van der Waals surface area contributed by atoms with Crippen LogP contribution < -0.4 is 4.74 Å². The molecular formula is C16H13FO2. The van der Waals surface area contributed by atoms with Gasteiger partial charge in [-0.2, -0.15) is 0 Å². The minimum atomic E-state index is -0.348. The van der Waals surface area contributed by atoms with Gasteiger partial charge in [0.1, 0.15) is 18.1 Å². The molecule has 0 aliphatic heterocycles. The summed E-state index contributed by atoms with van der Waals surface area (Å²) in [5.74, 6) is 1.04. The molecule has 0 atom stereocenters. The van der Waals surface area contributed by atoms with Gasteiger partial charge in [0, 0.05) is 5.39 Å². The summed E-state index contributed by atoms with van der Waals surface area (Å²) in [4.78, 5) is 0. The Morgan fingerprint density at radius 2 is 1.95 bits per heavy atom. The van der Waals surface area contributed by atoms with Crippen molar-refractivity contribution < 1.29 is 13.5 Å². The summed E-state index contributed by atoms with van der Waals surface area (Å²) in [7, 11) is 0. The summed E-state index contributed by atoms with van der Waals surface area (Å²) in [6, 6.07) is 14.4. The first-order valence-corrected chi connectivity index (χ1v) is 6.09. The number of para-hydroxylation sites is 1. The van der Waals surface area contributed by atoms with E-state index >= 15 is 0 Å². The Kier molecular flexibility index (Phi) is 2.95. The van der Waals surface area contributed by atoms with E-state index in [2.05, 4.69) is 0 Å². The van der Waals surface area contributed by atoms with Crippen LogP contribution in [0.15, 0.2) is 52.9 Å². The molecule has 1 aromatic heterocycles. The van der Waals surface area contributed by atoms with Crippen LogP contribution in [0.3, 0.4) is 0 Å². The van der Waals surface area contributed by atoms with Crippen molar-refractivity contribution in [3.05, 3.63) is 65.7 Å². The molecule has 0 unspecified atom stereocenters. The van der Waals surface area contributed by atoms with Crippen molar-refractivity contribution in [1.29, 1.82) is 0 Å². The van der Waals surface area contributed by atoms with E-state index in [1.165, 1.54) is 6.07 Å². The second-order valence-corrected chi connectivity index (χ2v) is 4.48. The number of benzene rings is 2. The van der Waals surface area contributed by atoms with Crippen molar-refractivity contribution in [3.63, 3.8) is 0 Å². The maximum absolute atomic E-state index is 13.5. The van der Waals surface area contributed by atoms with E-state index in [4.69, 9.17) is 9.15 Å². The topological polar surface area (TPSA) is 22.4 Å². The van der Waals surface area contributed by atoms with Crippen LogP contribution >= 0.6 is 0 Å². The van der Waals surface area contributed by atoms with Gasteiger partial charge >= 0.3 is 0 Å². The van der Waals surface area contributed by atoms with Crippen molar-refractivity contribution in [3.8, 4) is 5.75 Å². The van der Waals surface area contributed by atoms with E-state index in [-0.39, 0.29) is 18.0 Å². The Bertz CT molecular complexity index is 716.